The van der Waals surface area contributed by atoms with Crippen LogP contribution in [0, 0.1) is 12.8 Å². The average Bonchev–Trinajstić information content (AvgIpc) is 2.97. The summed E-state index contributed by atoms with van der Waals surface area (Å²) in [5.74, 6) is 1.12. The van der Waals surface area contributed by atoms with Crippen LogP contribution in [0.15, 0.2) is 12.1 Å². The van der Waals surface area contributed by atoms with Crippen molar-refractivity contribution in [1.29, 1.82) is 0 Å². The van der Waals surface area contributed by atoms with E-state index in [0.717, 1.165) is 17.3 Å². The van der Waals surface area contributed by atoms with Gasteiger partial charge in [-0.1, -0.05) is 0 Å². The maximum atomic E-state index is 12.1. The topological polar surface area (TPSA) is 20.3 Å². The number of Topliss-reactive ketones (excluding diaryl/α,β-unsaturated/α-hetero) is 1. The van der Waals surface area contributed by atoms with E-state index in [9.17, 15) is 4.79 Å². The molecular weight excluding hydrogens is 230 g/mol. The van der Waals surface area contributed by atoms with Gasteiger partial charge in [-0.2, -0.15) is 0 Å². The maximum absolute atomic E-state index is 12.1. The lowest BCUT2D eigenvalue weighted by Gasteiger charge is -2.25. The predicted molar refractivity (Wildman–Crippen MR) is 72.8 cm³/mol. The third-order valence-electron chi connectivity index (χ3n) is 3.28. The van der Waals surface area contributed by atoms with Crippen molar-refractivity contribution in [3.8, 4) is 0 Å². The smallest absolute Gasteiger partial charge is 0.186 e. The van der Waals surface area contributed by atoms with Gasteiger partial charge in [-0.25, -0.2) is 0 Å². The number of carbonyl (C=O) groups is 1. The van der Waals surface area contributed by atoms with Gasteiger partial charge in [0.1, 0.15) is 0 Å². The number of nitrogens with zero attached hydrogens (tertiary/aromatic N) is 1. The summed E-state index contributed by atoms with van der Waals surface area (Å²) in [5.41, 5.74) is 0. The van der Waals surface area contributed by atoms with Crippen LogP contribution < -0.4 is 0 Å². The van der Waals surface area contributed by atoms with Gasteiger partial charge >= 0.3 is 0 Å². The lowest BCUT2D eigenvalue weighted by atomic mass is 10.2. The van der Waals surface area contributed by atoms with E-state index in [0.29, 0.717) is 12.6 Å². The molecule has 0 unspecified atom stereocenters. The van der Waals surface area contributed by atoms with Gasteiger partial charge in [0.15, 0.2) is 5.78 Å². The molecule has 1 aliphatic carbocycles. The lowest BCUT2D eigenvalue weighted by molar-refractivity contribution is 0.0905. The van der Waals surface area contributed by atoms with Crippen LogP contribution in [0.3, 0.4) is 0 Å². The van der Waals surface area contributed by atoms with Crippen molar-refractivity contribution in [2.75, 3.05) is 13.1 Å². The van der Waals surface area contributed by atoms with Crippen molar-refractivity contribution in [1.82, 2.24) is 4.90 Å². The number of ketones is 1. The molecule has 1 saturated carbocycles. The molecule has 0 N–H and O–H groups in total. The molecule has 0 radical (unpaired) electrons. The molecule has 0 atom stereocenters. The number of hydrogen-bond acceptors (Lipinski definition) is 3. The van der Waals surface area contributed by atoms with Gasteiger partial charge < -0.3 is 0 Å². The Bertz CT molecular complexity index is 393. The molecule has 0 bridgehead atoms. The van der Waals surface area contributed by atoms with E-state index in [1.807, 2.05) is 19.1 Å². The van der Waals surface area contributed by atoms with Crippen molar-refractivity contribution in [2.45, 2.75) is 39.7 Å². The zero-order chi connectivity index (χ0) is 12.4. The Morgan fingerprint density at radius 3 is 2.65 bits per heavy atom. The van der Waals surface area contributed by atoms with E-state index in [1.54, 1.807) is 11.3 Å². The summed E-state index contributed by atoms with van der Waals surface area (Å²) in [6.45, 7) is 8.07. The summed E-state index contributed by atoms with van der Waals surface area (Å²) in [6.07, 6.45) is 2.69. The molecular formula is C14H21NOS. The van der Waals surface area contributed by atoms with E-state index in [4.69, 9.17) is 0 Å². The molecule has 0 amide bonds. The molecule has 94 valence electrons. The first-order chi connectivity index (χ1) is 8.06. The van der Waals surface area contributed by atoms with Crippen molar-refractivity contribution in [3.05, 3.63) is 21.9 Å². The van der Waals surface area contributed by atoms with Crippen LogP contribution >= 0.6 is 11.3 Å². The average molecular weight is 251 g/mol. The van der Waals surface area contributed by atoms with E-state index < -0.39 is 0 Å². The van der Waals surface area contributed by atoms with E-state index >= 15 is 0 Å². The second-order valence-corrected chi connectivity index (χ2v) is 6.59. The van der Waals surface area contributed by atoms with Gasteiger partial charge in [0.2, 0.25) is 0 Å². The summed E-state index contributed by atoms with van der Waals surface area (Å²) in [7, 11) is 0. The van der Waals surface area contributed by atoms with Gasteiger partial charge in [-0.05, 0) is 51.7 Å². The van der Waals surface area contributed by atoms with Gasteiger partial charge in [-0.15, -0.1) is 11.3 Å². The fourth-order valence-electron chi connectivity index (χ4n) is 1.94. The molecule has 1 fully saturated rings. The standard InChI is InChI=1S/C14H21NOS/c1-10(2)15(8-12-5-6-12)9-13(16)14-7-4-11(3)17-14/h4,7,10,12H,5-6,8-9H2,1-3H3. The van der Waals surface area contributed by atoms with Crippen LogP contribution in [-0.4, -0.2) is 29.8 Å². The highest BCUT2D eigenvalue weighted by molar-refractivity contribution is 7.14. The first-order valence-electron chi connectivity index (χ1n) is 6.40. The largest absolute Gasteiger partial charge is 0.293 e. The quantitative estimate of drug-likeness (QED) is 0.723. The number of hydrogen-bond donors (Lipinski definition) is 0. The van der Waals surface area contributed by atoms with Crippen LogP contribution in [0.2, 0.25) is 0 Å². The third kappa shape index (κ3) is 3.65. The van der Waals surface area contributed by atoms with Crippen LogP contribution in [0.25, 0.3) is 0 Å². The minimum absolute atomic E-state index is 0.275. The molecule has 3 heteroatoms. The summed E-state index contributed by atoms with van der Waals surface area (Å²) in [6, 6.07) is 4.44. The van der Waals surface area contributed by atoms with Crippen LogP contribution in [-0.2, 0) is 0 Å². The van der Waals surface area contributed by atoms with Crippen molar-refractivity contribution < 1.29 is 4.79 Å². The summed E-state index contributed by atoms with van der Waals surface area (Å²) in [4.78, 5) is 16.6. The number of carbonyl (C=O) groups excluding carboxylic acids is 1. The Balaban J connectivity index is 1.94. The molecule has 0 aliphatic heterocycles. The molecule has 1 aromatic heterocycles. The summed E-state index contributed by atoms with van der Waals surface area (Å²) < 4.78 is 0. The zero-order valence-corrected chi connectivity index (χ0v) is 11.7. The molecule has 2 nitrogen and oxygen atoms in total. The van der Waals surface area contributed by atoms with Gasteiger partial charge in [-0.3, -0.25) is 9.69 Å². The van der Waals surface area contributed by atoms with Crippen LogP contribution in [0.5, 0.6) is 0 Å². The molecule has 0 spiro atoms. The monoisotopic (exact) mass is 251 g/mol. The third-order valence-corrected chi connectivity index (χ3v) is 4.32. The molecule has 1 heterocycles. The summed E-state index contributed by atoms with van der Waals surface area (Å²) in [5, 5.41) is 0. The molecule has 2 rings (SSSR count). The maximum Gasteiger partial charge on any atom is 0.186 e. The van der Waals surface area contributed by atoms with E-state index in [-0.39, 0.29) is 5.78 Å². The van der Waals surface area contributed by atoms with Gasteiger partial charge in [0.25, 0.3) is 0 Å². The van der Waals surface area contributed by atoms with Crippen molar-refractivity contribution in [2.24, 2.45) is 5.92 Å². The fourth-order valence-corrected chi connectivity index (χ4v) is 2.73. The van der Waals surface area contributed by atoms with Gasteiger partial charge in [0, 0.05) is 17.5 Å². The van der Waals surface area contributed by atoms with Crippen LogP contribution in [0.1, 0.15) is 41.2 Å². The van der Waals surface area contributed by atoms with Crippen molar-refractivity contribution in [3.63, 3.8) is 0 Å². The normalized spacial score (nSPS) is 15.8. The number of rotatable bonds is 6. The van der Waals surface area contributed by atoms with Crippen LogP contribution in [0.4, 0.5) is 0 Å². The second-order valence-electron chi connectivity index (χ2n) is 5.30. The highest BCUT2D eigenvalue weighted by Gasteiger charge is 2.26. The Morgan fingerprint density at radius 1 is 1.47 bits per heavy atom. The Labute approximate surface area is 108 Å². The first kappa shape index (κ1) is 12.8. The first-order valence-corrected chi connectivity index (χ1v) is 7.21. The Hall–Kier alpha value is -0.670. The fraction of sp³-hybridized carbons (Fsp3) is 0.643. The molecule has 17 heavy (non-hydrogen) atoms. The SMILES string of the molecule is Cc1ccc(C(=O)CN(CC2CC2)C(C)C)s1. The Morgan fingerprint density at radius 2 is 2.18 bits per heavy atom. The van der Waals surface area contributed by atoms with E-state index in [2.05, 4.69) is 18.7 Å². The Kier molecular flexibility index (Phi) is 4.00. The second kappa shape index (κ2) is 5.32. The highest BCUT2D eigenvalue weighted by Crippen LogP contribution is 2.30. The lowest BCUT2D eigenvalue weighted by Crippen LogP contribution is -2.37. The minimum atomic E-state index is 0.275. The molecule has 1 aliphatic rings. The predicted octanol–water partition coefficient (Wildman–Crippen LogP) is 3.36. The number of thiophene rings is 1. The van der Waals surface area contributed by atoms with Gasteiger partial charge in [0.05, 0.1) is 11.4 Å². The molecule has 0 saturated heterocycles. The molecule has 0 aromatic carbocycles. The minimum Gasteiger partial charge on any atom is -0.293 e. The highest BCUT2D eigenvalue weighted by atomic mass is 32.1. The van der Waals surface area contributed by atoms with E-state index in [1.165, 1.54) is 17.7 Å². The summed E-state index contributed by atoms with van der Waals surface area (Å²) >= 11 is 1.61. The van der Waals surface area contributed by atoms with Crippen molar-refractivity contribution >= 4 is 17.1 Å². The molecule has 1 aromatic rings. The zero-order valence-electron chi connectivity index (χ0n) is 10.9. The number of aryl methyl sites for hydroxylation is 1.